The molecule has 1 fully saturated rings. The highest BCUT2D eigenvalue weighted by atomic mass is 32.2. The Morgan fingerprint density at radius 2 is 1.68 bits per heavy atom. The average Bonchev–Trinajstić information content (AvgIpc) is 3.48. The summed E-state index contributed by atoms with van der Waals surface area (Å²) in [4.78, 5) is 15.6. The zero-order valence-corrected chi connectivity index (χ0v) is 21.8. The van der Waals surface area contributed by atoms with Gasteiger partial charge in [-0.15, -0.1) is 0 Å². The number of ether oxygens (including phenoxy) is 1. The zero-order valence-electron chi connectivity index (χ0n) is 20.1. The molecule has 0 aliphatic carbocycles. The molecule has 0 bridgehead atoms. The molecule has 2 heterocycles. The van der Waals surface area contributed by atoms with E-state index in [9.17, 15) is 4.79 Å². The Balaban J connectivity index is 1.45. The van der Waals surface area contributed by atoms with Gasteiger partial charge in [0.05, 0.1) is 16.3 Å². The summed E-state index contributed by atoms with van der Waals surface area (Å²) < 4.78 is 8.04. The van der Waals surface area contributed by atoms with E-state index in [1.54, 1.807) is 11.0 Å². The van der Waals surface area contributed by atoms with Crippen molar-refractivity contribution < 1.29 is 9.53 Å². The summed E-state index contributed by atoms with van der Waals surface area (Å²) in [5.41, 5.74) is 4.64. The Morgan fingerprint density at radius 1 is 0.973 bits per heavy atom. The van der Waals surface area contributed by atoms with Crippen molar-refractivity contribution in [3.8, 4) is 22.7 Å². The van der Waals surface area contributed by atoms with Crippen molar-refractivity contribution in [1.29, 1.82) is 0 Å². The normalized spacial score (nSPS) is 14.4. The summed E-state index contributed by atoms with van der Waals surface area (Å²) in [6.45, 7) is 4.68. The van der Waals surface area contributed by atoms with Crippen LogP contribution in [0.4, 0.5) is 0 Å². The third-order valence-electron chi connectivity index (χ3n) is 5.89. The van der Waals surface area contributed by atoms with E-state index in [4.69, 9.17) is 22.1 Å². The molecule has 0 radical (unpaired) electrons. The van der Waals surface area contributed by atoms with Crippen molar-refractivity contribution in [3.05, 3.63) is 120 Å². The Morgan fingerprint density at radius 3 is 2.38 bits per heavy atom. The van der Waals surface area contributed by atoms with Crippen LogP contribution in [0.2, 0.25) is 0 Å². The van der Waals surface area contributed by atoms with Crippen LogP contribution in [0.25, 0.3) is 23.0 Å². The molecule has 184 valence electrons. The highest BCUT2D eigenvalue weighted by Crippen LogP contribution is 2.35. The third-order valence-corrected chi connectivity index (χ3v) is 7.26. The first-order valence-corrected chi connectivity index (χ1v) is 13.1. The van der Waals surface area contributed by atoms with E-state index in [0.29, 0.717) is 22.4 Å². The maximum Gasteiger partial charge on any atom is 0.266 e. The smallest absolute Gasteiger partial charge is 0.266 e. The number of hydrogen-bond acceptors (Lipinski definition) is 5. The number of para-hydroxylation sites is 1. The van der Waals surface area contributed by atoms with Crippen molar-refractivity contribution in [1.82, 2.24) is 14.7 Å². The van der Waals surface area contributed by atoms with E-state index in [0.717, 1.165) is 34.7 Å². The molecule has 7 heteroatoms. The zero-order chi connectivity index (χ0) is 25.6. The molecular formula is C30H25N3O2S2. The molecule has 5 nitrogen and oxygen atoms in total. The Kier molecular flexibility index (Phi) is 7.63. The van der Waals surface area contributed by atoms with E-state index in [-0.39, 0.29) is 5.91 Å². The van der Waals surface area contributed by atoms with Crippen LogP contribution in [0.5, 0.6) is 5.75 Å². The van der Waals surface area contributed by atoms with Crippen molar-refractivity contribution in [2.24, 2.45) is 0 Å². The van der Waals surface area contributed by atoms with Gasteiger partial charge in [0, 0.05) is 23.9 Å². The highest BCUT2D eigenvalue weighted by molar-refractivity contribution is 8.26. The van der Waals surface area contributed by atoms with Crippen LogP contribution >= 0.6 is 24.0 Å². The quantitative estimate of drug-likeness (QED) is 0.141. The minimum Gasteiger partial charge on any atom is -0.490 e. The molecule has 1 amide bonds. The first-order valence-electron chi connectivity index (χ1n) is 11.9. The number of rotatable bonds is 9. The van der Waals surface area contributed by atoms with Gasteiger partial charge in [0.1, 0.15) is 16.7 Å². The van der Waals surface area contributed by atoms with Gasteiger partial charge in [-0.2, -0.15) is 5.10 Å². The molecule has 0 unspecified atom stereocenters. The molecular weight excluding hydrogens is 498 g/mol. The standard InChI is InChI=1S/C30H25N3O2S2/c1-2-19-35-26-15-13-23(14-16-26)28-24(21-33(31-28)25-11-7-4-8-12-25)20-27-29(34)32(30(36)37-27)18-17-22-9-5-3-6-10-22/h2-16,20-21H,1,17-19H2. The van der Waals surface area contributed by atoms with Crippen molar-refractivity contribution in [2.45, 2.75) is 6.42 Å². The van der Waals surface area contributed by atoms with Crippen molar-refractivity contribution >= 4 is 40.3 Å². The minimum absolute atomic E-state index is 0.0717. The molecule has 5 rings (SSSR count). The van der Waals surface area contributed by atoms with E-state index in [1.165, 1.54) is 17.3 Å². The Bertz CT molecular complexity index is 1450. The summed E-state index contributed by atoms with van der Waals surface area (Å²) in [6.07, 6.45) is 6.30. The maximum atomic E-state index is 13.3. The summed E-state index contributed by atoms with van der Waals surface area (Å²) in [5.74, 6) is 0.685. The SMILES string of the molecule is C=CCOc1ccc(-c2nn(-c3ccccc3)cc2C=C2SC(=S)N(CCc3ccccc3)C2=O)cc1. The summed E-state index contributed by atoms with van der Waals surface area (Å²) >= 11 is 6.90. The third kappa shape index (κ3) is 5.74. The predicted molar refractivity (Wildman–Crippen MR) is 155 cm³/mol. The molecule has 3 aromatic carbocycles. The predicted octanol–water partition coefficient (Wildman–Crippen LogP) is 6.55. The molecule has 4 aromatic rings. The van der Waals surface area contributed by atoms with Gasteiger partial charge in [-0.05, 0) is 54.5 Å². The number of thiocarbonyl (C=S) groups is 1. The Hall–Kier alpha value is -3.94. The van der Waals surface area contributed by atoms with Crippen LogP contribution in [0, 0.1) is 0 Å². The van der Waals surface area contributed by atoms with Crippen LogP contribution in [0.1, 0.15) is 11.1 Å². The lowest BCUT2D eigenvalue weighted by Gasteiger charge is -2.14. The number of amides is 1. The van der Waals surface area contributed by atoms with Gasteiger partial charge in [-0.3, -0.25) is 9.69 Å². The number of carbonyl (C=O) groups excluding carboxylic acids is 1. The number of nitrogens with zero attached hydrogens (tertiary/aromatic N) is 3. The van der Waals surface area contributed by atoms with Crippen LogP contribution in [0.15, 0.2) is 109 Å². The second kappa shape index (κ2) is 11.4. The monoisotopic (exact) mass is 523 g/mol. The topological polar surface area (TPSA) is 47.4 Å². The van der Waals surface area contributed by atoms with Crippen LogP contribution in [-0.2, 0) is 11.2 Å². The van der Waals surface area contributed by atoms with Gasteiger partial charge in [-0.25, -0.2) is 4.68 Å². The van der Waals surface area contributed by atoms with Gasteiger partial charge in [0.25, 0.3) is 5.91 Å². The van der Waals surface area contributed by atoms with Crippen LogP contribution in [-0.4, -0.2) is 38.1 Å². The molecule has 1 aromatic heterocycles. The van der Waals surface area contributed by atoms with E-state index >= 15 is 0 Å². The first-order chi connectivity index (χ1) is 18.1. The number of benzene rings is 3. The number of thioether (sulfide) groups is 1. The van der Waals surface area contributed by atoms with E-state index in [2.05, 4.69) is 18.7 Å². The largest absolute Gasteiger partial charge is 0.490 e. The van der Waals surface area contributed by atoms with Crippen LogP contribution < -0.4 is 4.74 Å². The fraction of sp³-hybridized carbons (Fsp3) is 0.100. The molecule has 0 atom stereocenters. The number of carbonyl (C=O) groups is 1. The van der Waals surface area contributed by atoms with Crippen molar-refractivity contribution in [3.63, 3.8) is 0 Å². The molecule has 37 heavy (non-hydrogen) atoms. The molecule has 0 N–H and O–H groups in total. The second-order valence-electron chi connectivity index (χ2n) is 8.41. The van der Waals surface area contributed by atoms with Gasteiger partial charge in [0.2, 0.25) is 0 Å². The van der Waals surface area contributed by atoms with Gasteiger partial charge >= 0.3 is 0 Å². The summed E-state index contributed by atoms with van der Waals surface area (Å²) in [7, 11) is 0. The summed E-state index contributed by atoms with van der Waals surface area (Å²) in [5, 5.41) is 4.87. The van der Waals surface area contributed by atoms with Gasteiger partial charge in [0.15, 0.2) is 0 Å². The summed E-state index contributed by atoms with van der Waals surface area (Å²) in [6, 6.07) is 27.8. The highest BCUT2D eigenvalue weighted by Gasteiger charge is 2.32. The lowest BCUT2D eigenvalue weighted by Crippen LogP contribution is -2.30. The van der Waals surface area contributed by atoms with E-state index < -0.39 is 0 Å². The second-order valence-corrected chi connectivity index (χ2v) is 10.1. The van der Waals surface area contributed by atoms with Crippen molar-refractivity contribution in [2.75, 3.05) is 13.2 Å². The first kappa shape index (κ1) is 24.7. The molecule has 0 spiro atoms. The maximum absolute atomic E-state index is 13.3. The fourth-order valence-electron chi connectivity index (χ4n) is 4.01. The number of aromatic nitrogens is 2. The molecule has 0 saturated carbocycles. The minimum atomic E-state index is -0.0717. The lowest BCUT2D eigenvalue weighted by atomic mass is 10.1. The average molecular weight is 524 g/mol. The lowest BCUT2D eigenvalue weighted by molar-refractivity contribution is -0.122. The molecule has 1 saturated heterocycles. The van der Waals surface area contributed by atoms with Gasteiger partial charge in [-0.1, -0.05) is 85.2 Å². The fourth-order valence-corrected chi connectivity index (χ4v) is 5.31. The van der Waals surface area contributed by atoms with Gasteiger partial charge < -0.3 is 4.74 Å². The number of hydrogen-bond donors (Lipinski definition) is 0. The van der Waals surface area contributed by atoms with Crippen LogP contribution in [0.3, 0.4) is 0 Å². The Labute approximate surface area is 226 Å². The van der Waals surface area contributed by atoms with E-state index in [1.807, 2.05) is 89.8 Å². The molecule has 1 aliphatic rings. The molecule has 1 aliphatic heterocycles.